The number of nitrogens with one attached hydrogen (secondary N) is 1. The first-order chi connectivity index (χ1) is 16.8. The van der Waals surface area contributed by atoms with Gasteiger partial charge < -0.3 is 25.6 Å². The summed E-state index contributed by atoms with van der Waals surface area (Å²) in [4.78, 5) is 47.8. The molecule has 1 fully saturated rings. The third-order valence-electron chi connectivity index (χ3n) is 4.98. The second-order valence-electron chi connectivity index (χ2n) is 7.15. The monoisotopic (exact) mass is 536 g/mol. The number of thioether (sulfide) groups is 2. The Hall–Kier alpha value is -3.37. The maximum absolute atomic E-state index is 12.9. The summed E-state index contributed by atoms with van der Waals surface area (Å²) in [6.07, 6.45) is 3.27. The number of amides is 2. The molecule has 2 aromatic heterocycles. The number of hydrogen-bond acceptors (Lipinski definition) is 12. The number of carboxylic acids is 1. The smallest absolute Gasteiger partial charge is 0.352 e. The number of carboxylic acid groups (broad SMARTS) is 1. The number of oxime groups is 1. The van der Waals surface area contributed by atoms with Gasteiger partial charge in [-0.2, -0.15) is 0 Å². The van der Waals surface area contributed by atoms with E-state index >= 15 is 0 Å². The summed E-state index contributed by atoms with van der Waals surface area (Å²) in [5.74, 6) is -1.74. The van der Waals surface area contributed by atoms with Crippen LogP contribution in [0, 0.1) is 0 Å². The van der Waals surface area contributed by atoms with E-state index in [0.29, 0.717) is 28.8 Å². The van der Waals surface area contributed by atoms with E-state index in [4.69, 9.17) is 10.6 Å². The highest BCUT2D eigenvalue weighted by Crippen LogP contribution is 2.41. The Morgan fingerprint density at radius 1 is 1.51 bits per heavy atom. The molecular formula is C19H20N8O5S3. The highest BCUT2D eigenvalue weighted by Gasteiger charge is 2.54. The highest BCUT2D eigenvalue weighted by atomic mass is 32.2. The van der Waals surface area contributed by atoms with Crippen molar-refractivity contribution >= 4 is 63.5 Å². The lowest BCUT2D eigenvalue weighted by Crippen LogP contribution is -2.71. The molecule has 13 nitrogen and oxygen atoms in total. The van der Waals surface area contributed by atoms with E-state index in [1.54, 1.807) is 22.4 Å². The molecule has 0 spiro atoms. The fraction of sp³-hybridized carbons (Fsp3) is 0.316. The van der Waals surface area contributed by atoms with E-state index in [0.717, 1.165) is 11.3 Å². The van der Waals surface area contributed by atoms with Gasteiger partial charge >= 0.3 is 5.97 Å². The van der Waals surface area contributed by atoms with Crippen molar-refractivity contribution in [2.45, 2.75) is 23.1 Å². The maximum atomic E-state index is 12.9. The van der Waals surface area contributed by atoms with Gasteiger partial charge in [0.1, 0.15) is 36.2 Å². The fourth-order valence-electron chi connectivity index (χ4n) is 3.47. The average molecular weight is 537 g/mol. The molecular weight excluding hydrogens is 516 g/mol. The molecule has 35 heavy (non-hydrogen) atoms. The number of aromatic nitrogens is 4. The zero-order valence-corrected chi connectivity index (χ0v) is 20.7. The van der Waals surface area contributed by atoms with Gasteiger partial charge in [0.05, 0.1) is 0 Å². The number of β-lactam (4-membered cyclic amide) rings is 1. The van der Waals surface area contributed by atoms with E-state index in [9.17, 15) is 19.5 Å². The lowest BCUT2D eigenvalue weighted by molar-refractivity contribution is -0.150. The SMILES string of the molecule is C=CCn1cnnc1SCC1=C(C(=O)O)N2C(=O)C(NC(=O)C(=NOC)c3csc(N)n3)[C@H]2SC1. The van der Waals surface area contributed by atoms with Crippen LogP contribution in [-0.4, -0.2) is 83.3 Å². The predicted octanol–water partition coefficient (Wildman–Crippen LogP) is 0.384. The van der Waals surface area contributed by atoms with Crippen LogP contribution >= 0.6 is 34.9 Å². The van der Waals surface area contributed by atoms with Crippen LogP contribution < -0.4 is 11.1 Å². The molecule has 1 unspecified atom stereocenters. The van der Waals surface area contributed by atoms with E-state index in [1.165, 1.54) is 35.5 Å². The second-order valence-corrected chi connectivity index (χ2v) is 10.1. The van der Waals surface area contributed by atoms with Crippen molar-refractivity contribution in [1.29, 1.82) is 0 Å². The second kappa shape index (κ2) is 10.5. The first-order valence-electron chi connectivity index (χ1n) is 10.0. The molecule has 2 aliphatic rings. The normalized spacial score (nSPS) is 19.7. The van der Waals surface area contributed by atoms with Gasteiger partial charge in [0.2, 0.25) is 0 Å². The minimum Gasteiger partial charge on any atom is -0.477 e. The lowest BCUT2D eigenvalue weighted by atomic mass is 10.0. The van der Waals surface area contributed by atoms with Crippen LogP contribution in [0.4, 0.5) is 5.13 Å². The largest absolute Gasteiger partial charge is 0.477 e. The number of hydrogen-bond donors (Lipinski definition) is 3. The van der Waals surface area contributed by atoms with Gasteiger partial charge in [-0.15, -0.1) is 39.9 Å². The number of fused-ring (bicyclic) bond motifs is 1. The number of thiazole rings is 1. The van der Waals surface area contributed by atoms with Crippen molar-refractivity contribution in [2.75, 3.05) is 24.3 Å². The molecule has 0 radical (unpaired) electrons. The Kier molecular flexibility index (Phi) is 7.42. The van der Waals surface area contributed by atoms with E-state index in [1.807, 2.05) is 0 Å². The van der Waals surface area contributed by atoms with E-state index in [2.05, 4.69) is 32.2 Å². The minimum atomic E-state index is -1.21. The highest BCUT2D eigenvalue weighted by molar-refractivity contribution is 8.01. The number of nitrogen functional groups attached to an aromatic ring is 1. The molecule has 2 amide bonds. The summed E-state index contributed by atoms with van der Waals surface area (Å²) in [5, 5.41) is 25.9. The number of anilines is 1. The zero-order chi connectivity index (χ0) is 25.1. The lowest BCUT2D eigenvalue weighted by Gasteiger charge is -2.49. The summed E-state index contributed by atoms with van der Waals surface area (Å²) in [5.41, 5.74) is 6.21. The third-order valence-corrected chi connectivity index (χ3v) is 8.06. The van der Waals surface area contributed by atoms with Crippen molar-refractivity contribution in [1.82, 2.24) is 30.0 Å². The molecule has 0 aromatic carbocycles. The number of aliphatic carboxylic acids is 1. The van der Waals surface area contributed by atoms with Crippen LogP contribution in [0.2, 0.25) is 0 Å². The predicted molar refractivity (Wildman–Crippen MR) is 131 cm³/mol. The number of allylic oxidation sites excluding steroid dienone is 1. The van der Waals surface area contributed by atoms with Gasteiger partial charge in [0, 0.05) is 23.4 Å². The molecule has 4 rings (SSSR count). The van der Waals surface area contributed by atoms with Crippen molar-refractivity contribution in [2.24, 2.45) is 5.16 Å². The molecule has 2 aromatic rings. The van der Waals surface area contributed by atoms with E-state index in [-0.39, 0.29) is 22.2 Å². The van der Waals surface area contributed by atoms with E-state index < -0.39 is 29.2 Å². The Balaban J connectivity index is 1.48. The number of rotatable bonds is 10. The molecule has 4 N–H and O–H groups in total. The molecule has 1 saturated heterocycles. The zero-order valence-electron chi connectivity index (χ0n) is 18.3. The topological polar surface area (TPSA) is 178 Å². The average Bonchev–Trinajstić information content (AvgIpc) is 3.47. The molecule has 2 aliphatic heterocycles. The summed E-state index contributed by atoms with van der Waals surface area (Å²) in [6.45, 7) is 4.21. The summed E-state index contributed by atoms with van der Waals surface area (Å²) < 4.78 is 1.78. The van der Waals surface area contributed by atoms with Gasteiger partial charge in [-0.05, 0) is 5.57 Å². The van der Waals surface area contributed by atoms with Crippen LogP contribution in [0.1, 0.15) is 5.69 Å². The Labute approximate surface area is 211 Å². The fourth-order valence-corrected chi connectivity index (χ4v) is 6.43. The Bertz CT molecular complexity index is 1240. The van der Waals surface area contributed by atoms with Crippen LogP contribution in [0.15, 0.2) is 45.9 Å². The summed E-state index contributed by atoms with van der Waals surface area (Å²) in [7, 11) is 1.28. The first kappa shape index (κ1) is 24.7. The van der Waals surface area contributed by atoms with Crippen molar-refractivity contribution in [3.63, 3.8) is 0 Å². The van der Waals surface area contributed by atoms with Gasteiger partial charge in [0.15, 0.2) is 16.0 Å². The standard InChI is InChI=1S/C19H20N8O5S3/c1-3-4-26-8-21-24-19(26)35-6-9-5-33-16-12(15(29)27(16)13(9)17(30)31)23-14(28)11(25-32-2)10-7-34-18(20)22-10/h3,7-8,12,16H,1,4-6H2,2H3,(H2,20,22)(H,23,28)(H,30,31)/t12?,16-/m1/s1. The van der Waals surface area contributed by atoms with Crippen LogP contribution in [0.25, 0.3) is 0 Å². The van der Waals surface area contributed by atoms with Crippen LogP contribution in [0.3, 0.4) is 0 Å². The van der Waals surface area contributed by atoms with Gasteiger partial charge in [-0.1, -0.05) is 23.0 Å². The quantitative estimate of drug-likeness (QED) is 0.126. The molecule has 16 heteroatoms. The van der Waals surface area contributed by atoms with Crippen LogP contribution in [0.5, 0.6) is 0 Å². The van der Waals surface area contributed by atoms with Crippen LogP contribution in [-0.2, 0) is 25.8 Å². The molecule has 0 saturated carbocycles. The molecule has 184 valence electrons. The number of carbonyl (C=O) groups excluding carboxylic acids is 2. The first-order valence-corrected chi connectivity index (χ1v) is 12.9. The summed E-state index contributed by atoms with van der Waals surface area (Å²) in [6, 6.07) is -0.926. The molecule has 4 heterocycles. The van der Waals surface area contributed by atoms with Gasteiger partial charge in [-0.3, -0.25) is 14.5 Å². The Morgan fingerprint density at radius 2 is 2.31 bits per heavy atom. The third kappa shape index (κ3) is 4.89. The van der Waals surface area contributed by atoms with Crippen molar-refractivity contribution < 1.29 is 24.3 Å². The number of nitrogens with zero attached hydrogens (tertiary/aromatic N) is 6. The molecule has 0 aliphatic carbocycles. The maximum Gasteiger partial charge on any atom is 0.352 e. The minimum absolute atomic E-state index is 0.0791. The number of nitrogens with two attached hydrogens (primary N) is 1. The van der Waals surface area contributed by atoms with Crippen molar-refractivity contribution in [3.8, 4) is 0 Å². The molecule has 2 atom stereocenters. The Morgan fingerprint density at radius 3 is 2.97 bits per heavy atom. The summed E-state index contributed by atoms with van der Waals surface area (Å²) >= 11 is 3.82. The number of carbonyl (C=O) groups is 3. The molecule has 0 bridgehead atoms. The van der Waals surface area contributed by atoms with Crippen molar-refractivity contribution in [3.05, 3.63) is 41.3 Å². The van der Waals surface area contributed by atoms with Gasteiger partial charge in [-0.25, -0.2) is 9.78 Å². The van der Waals surface area contributed by atoms with Gasteiger partial charge in [0.25, 0.3) is 11.8 Å².